The second kappa shape index (κ2) is 4.38. The average molecular weight is 286 g/mol. The van der Waals surface area contributed by atoms with Gasteiger partial charge in [-0.15, -0.1) is 11.3 Å². The van der Waals surface area contributed by atoms with Crippen LogP contribution in [0.15, 0.2) is 24.3 Å². The van der Waals surface area contributed by atoms with Crippen LogP contribution >= 0.6 is 11.3 Å². The summed E-state index contributed by atoms with van der Waals surface area (Å²) in [5.74, 6) is -1.02. The van der Waals surface area contributed by atoms with E-state index in [1.807, 2.05) is 0 Å². The molecule has 3 rings (SSSR count). The fourth-order valence-corrected chi connectivity index (χ4v) is 3.38. The third kappa shape index (κ3) is 1.63. The Balaban J connectivity index is 2.24. The first-order chi connectivity index (χ1) is 9.54. The third-order valence-corrected chi connectivity index (χ3v) is 4.47. The van der Waals surface area contributed by atoms with Gasteiger partial charge in [0.1, 0.15) is 5.75 Å². The van der Waals surface area contributed by atoms with Crippen LogP contribution < -0.4 is 0 Å². The standard InChI is InChI=1S/C15H10O4S/c1-2-9(16)11-6-8-13(18)7-4-3-5-10(17)12(7)14(19)15(8)20-11/h3-6,17H,2H2,1H3. The molecule has 1 heterocycles. The molecule has 100 valence electrons. The van der Waals surface area contributed by atoms with Gasteiger partial charge in [0.2, 0.25) is 5.78 Å². The van der Waals surface area contributed by atoms with Gasteiger partial charge >= 0.3 is 0 Å². The van der Waals surface area contributed by atoms with Crippen LogP contribution in [0.4, 0.5) is 0 Å². The third-order valence-electron chi connectivity index (χ3n) is 3.29. The summed E-state index contributed by atoms with van der Waals surface area (Å²) in [5, 5.41) is 9.80. The zero-order valence-electron chi connectivity index (χ0n) is 10.6. The average Bonchev–Trinajstić information content (AvgIpc) is 2.89. The molecule has 0 unspecified atom stereocenters. The Kier molecular flexibility index (Phi) is 2.79. The minimum atomic E-state index is -0.396. The van der Waals surface area contributed by atoms with Crippen LogP contribution in [0.3, 0.4) is 0 Å². The van der Waals surface area contributed by atoms with Gasteiger partial charge in [-0.05, 0) is 12.1 Å². The number of rotatable bonds is 2. The van der Waals surface area contributed by atoms with Crippen LogP contribution in [-0.4, -0.2) is 22.5 Å². The van der Waals surface area contributed by atoms with E-state index in [-0.39, 0.29) is 38.9 Å². The molecule has 0 saturated carbocycles. The summed E-state index contributed by atoms with van der Waals surface area (Å²) in [5.41, 5.74) is 0.480. The molecule has 1 aromatic heterocycles. The maximum Gasteiger partial charge on any atom is 0.208 e. The quantitative estimate of drug-likeness (QED) is 0.735. The number of phenolic OH excluding ortho intramolecular Hbond substituents is 1. The molecule has 0 aliphatic heterocycles. The second-order valence-electron chi connectivity index (χ2n) is 4.49. The lowest BCUT2D eigenvalue weighted by Gasteiger charge is -2.14. The highest BCUT2D eigenvalue weighted by Crippen LogP contribution is 2.36. The van der Waals surface area contributed by atoms with Gasteiger partial charge in [-0.3, -0.25) is 14.4 Å². The molecule has 2 aromatic rings. The van der Waals surface area contributed by atoms with E-state index in [9.17, 15) is 19.5 Å². The molecule has 1 N–H and O–H groups in total. The molecule has 0 spiro atoms. The fourth-order valence-electron chi connectivity index (χ4n) is 2.27. The highest BCUT2D eigenvalue weighted by atomic mass is 32.1. The van der Waals surface area contributed by atoms with Crippen LogP contribution in [0.25, 0.3) is 0 Å². The first-order valence-electron chi connectivity index (χ1n) is 6.13. The number of carbonyl (C=O) groups is 3. The van der Waals surface area contributed by atoms with Gasteiger partial charge in [0.05, 0.1) is 15.3 Å². The molecule has 0 saturated heterocycles. The van der Waals surface area contributed by atoms with E-state index in [1.54, 1.807) is 6.92 Å². The minimum absolute atomic E-state index is 0.0300. The lowest BCUT2D eigenvalue weighted by molar-refractivity contribution is 0.0979. The monoisotopic (exact) mass is 286 g/mol. The number of ketones is 3. The van der Waals surface area contributed by atoms with Gasteiger partial charge in [-0.2, -0.15) is 0 Å². The van der Waals surface area contributed by atoms with E-state index >= 15 is 0 Å². The first kappa shape index (κ1) is 12.7. The van der Waals surface area contributed by atoms with E-state index in [1.165, 1.54) is 24.3 Å². The van der Waals surface area contributed by atoms with Crippen LogP contribution in [0.1, 0.15) is 54.2 Å². The molecule has 0 bridgehead atoms. The van der Waals surface area contributed by atoms with Crippen LogP contribution in [0.5, 0.6) is 5.75 Å². The molecular weight excluding hydrogens is 276 g/mol. The van der Waals surface area contributed by atoms with Crippen molar-refractivity contribution >= 4 is 28.7 Å². The number of hydrogen-bond donors (Lipinski definition) is 1. The molecule has 5 heteroatoms. The molecule has 1 aromatic carbocycles. The van der Waals surface area contributed by atoms with Crippen molar-refractivity contribution in [1.82, 2.24) is 0 Å². The van der Waals surface area contributed by atoms with Crippen molar-refractivity contribution in [2.45, 2.75) is 13.3 Å². The SMILES string of the molecule is CCC(=O)c1cc2c(s1)C(=O)c1c(O)cccc1C2=O. The topological polar surface area (TPSA) is 71.4 Å². The van der Waals surface area contributed by atoms with E-state index in [0.717, 1.165) is 11.3 Å². The zero-order chi connectivity index (χ0) is 14.4. The first-order valence-corrected chi connectivity index (χ1v) is 6.94. The maximum atomic E-state index is 12.4. The Morgan fingerprint density at radius 3 is 2.65 bits per heavy atom. The molecular formula is C15H10O4S. The maximum absolute atomic E-state index is 12.4. The summed E-state index contributed by atoms with van der Waals surface area (Å²) in [6, 6.07) is 5.89. The fraction of sp³-hybridized carbons (Fsp3) is 0.133. The Bertz CT molecular complexity index is 770. The van der Waals surface area contributed by atoms with Crippen molar-refractivity contribution in [3.63, 3.8) is 0 Å². The van der Waals surface area contributed by atoms with Gasteiger partial charge in [-0.1, -0.05) is 19.1 Å². The smallest absolute Gasteiger partial charge is 0.208 e. The van der Waals surface area contributed by atoms with Gasteiger partial charge in [0, 0.05) is 17.5 Å². The molecule has 0 fully saturated rings. The highest BCUT2D eigenvalue weighted by molar-refractivity contribution is 7.16. The molecule has 1 aliphatic rings. The summed E-state index contributed by atoms with van der Waals surface area (Å²) in [4.78, 5) is 37.1. The van der Waals surface area contributed by atoms with E-state index in [0.29, 0.717) is 11.3 Å². The Hall–Kier alpha value is -2.27. The number of thiophene rings is 1. The molecule has 4 nitrogen and oxygen atoms in total. The summed E-state index contributed by atoms with van der Waals surface area (Å²) < 4.78 is 0. The number of Topliss-reactive ketones (excluding diaryl/α,β-unsaturated/α-hetero) is 1. The molecule has 0 atom stereocenters. The van der Waals surface area contributed by atoms with Crippen molar-refractivity contribution in [2.24, 2.45) is 0 Å². The minimum Gasteiger partial charge on any atom is -0.507 e. The number of hydrogen-bond acceptors (Lipinski definition) is 5. The Morgan fingerprint density at radius 2 is 1.95 bits per heavy atom. The summed E-state index contributed by atoms with van der Waals surface area (Å²) in [6.07, 6.45) is 0.319. The van der Waals surface area contributed by atoms with E-state index in [4.69, 9.17) is 0 Å². The lowest BCUT2D eigenvalue weighted by atomic mass is 9.88. The molecule has 0 radical (unpaired) electrons. The normalized spacial score (nSPS) is 13.1. The van der Waals surface area contributed by atoms with Crippen LogP contribution in [0, 0.1) is 0 Å². The van der Waals surface area contributed by atoms with Gasteiger partial charge in [0.25, 0.3) is 0 Å². The van der Waals surface area contributed by atoms with Crippen LogP contribution in [-0.2, 0) is 0 Å². The highest BCUT2D eigenvalue weighted by Gasteiger charge is 2.34. The molecule has 0 amide bonds. The lowest BCUT2D eigenvalue weighted by Crippen LogP contribution is -2.18. The Labute approximate surface area is 118 Å². The summed E-state index contributed by atoms with van der Waals surface area (Å²) in [7, 11) is 0. The van der Waals surface area contributed by atoms with Crippen molar-refractivity contribution in [3.05, 3.63) is 50.7 Å². The van der Waals surface area contributed by atoms with Crippen molar-refractivity contribution in [2.75, 3.05) is 0 Å². The van der Waals surface area contributed by atoms with Gasteiger partial charge in [-0.25, -0.2) is 0 Å². The van der Waals surface area contributed by atoms with Crippen molar-refractivity contribution < 1.29 is 19.5 Å². The summed E-state index contributed by atoms with van der Waals surface area (Å²) in [6.45, 7) is 1.73. The van der Waals surface area contributed by atoms with Crippen molar-refractivity contribution in [3.8, 4) is 5.75 Å². The molecule has 20 heavy (non-hydrogen) atoms. The van der Waals surface area contributed by atoms with Gasteiger partial charge in [0.15, 0.2) is 11.6 Å². The van der Waals surface area contributed by atoms with Crippen molar-refractivity contribution in [1.29, 1.82) is 0 Å². The van der Waals surface area contributed by atoms with E-state index in [2.05, 4.69) is 0 Å². The number of fused-ring (bicyclic) bond motifs is 2. The number of aromatic hydroxyl groups is 1. The molecule has 1 aliphatic carbocycles. The summed E-state index contributed by atoms with van der Waals surface area (Å²) >= 11 is 1.02. The number of benzene rings is 1. The predicted molar refractivity (Wildman–Crippen MR) is 73.9 cm³/mol. The Morgan fingerprint density at radius 1 is 1.20 bits per heavy atom. The van der Waals surface area contributed by atoms with Crippen LogP contribution in [0.2, 0.25) is 0 Å². The largest absolute Gasteiger partial charge is 0.507 e. The number of carbonyl (C=O) groups excluding carboxylic acids is 3. The van der Waals surface area contributed by atoms with Gasteiger partial charge < -0.3 is 5.11 Å². The van der Waals surface area contributed by atoms with E-state index < -0.39 is 5.78 Å². The zero-order valence-corrected chi connectivity index (χ0v) is 11.4. The second-order valence-corrected chi connectivity index (χ2v) is 5.54. The number of phenols is 1. The predicted octanol–water partition coefficient (Wildman–Crippen LogP) is 2.82.